The number of aromatic nitrogens is 1. The first kappa shape index (κ1) is 19.0. The van der Waals surface area contributed by atoms with Crippen molar-refractivity contribution in [2.75, 3.05) is 7.11 Å². The van der Waals surface area contributed by atoms with Gasteiger partial charge in [0.15, 0.2) is 5.69 Å². The van der Waals surface area contributed by atoms with Crippen molar-refractivity contribution in [2.45, 2.75) is 0 Å². The summed E-state index contributed by atoms with van der Waals surface area (Å²) in [7, 11) is 1.57. The molecule has 3 N–H and O–H groups in total. The maximum Gasteiger partial charge on any atom is 0.336 e. The first-order valence-corrected chi connectivity index (χ1v) is 9.89. The normalized spacial score (nSPS) is 10.8. The number of nitrogens with zero attached hydrogens (tertiary/aromatic N) is 1. The van der Waals surface area contributed by atoms with Gasteiger partial charge in [0.05, 0.1) is 18.4 Å². The van der Waals surface area contributed by atoms with E-state index in [1.165, 1.54) is 11.3 Å². The molecule has 4 aromatic rings. The molecular weight excluding hydrogens is 384 g/mol. The van der Waals surface area contributed by atoms with E-state index in [4.69, 9.17) is 9.82 Å². The number of carboxylic acid groups (broad SMARTS) is 1. The van der Waals surface area contributed by atoms with Crippen molar-refractivity contribution in [2.24, 2.45) is 0 Å². The van der Waals surface area contributed by atoms with E-state index in [2.05, 4.69) is 0 Å². The van der Waals surface area contributed by atoms with Gasteiger partial charge in [-0.2, -0.15) is 5.48 Å². The number of thiazole rings is 1. The third-order valence-electron chi connectivity index (χ3n) is 4.57. The molecule has 0 bridgehead atoms. The molecule has 0 aliphatic heterocycles. The summed E-state index contributed by atoms with van der Waals surface area (Å²) in [6, 6.07) is 22.9. The Hall–Kier alpha value is -3.32. The Labute approximate surface area is 172 Å². The Kier molecular flexibility index (Phi) is 5.48. The maximum absolute atomic E-state index is 12.0. The SMILES string of the molecule is CO[NH2+]c1ccccc1-c1ccc(-c2nc(-c3ccccc3)cs2)cc1C(=O)O. The number of quaternary nitrogens is 1. The fourth-order valence-electron chi connectivity index (χ4n) is 3.21. The Morgan fingerprint density at radius 2 is 1.72 bits per heavy atom. The molecule has 0 fully saturated rings. The smallest absolute Gasteiger partial charge is 0.336 e. The van der Waals surface area contributed by atoms with Crippen LogP contribution in [-0.2, 0) is 4.84 Å². The molecule has 1 aromatic heterocycles. The third-order valence-corrected chi connectivity index (χ3v) is 5.46. The largest absolute Gasteiger partial charge is 0.478 e. The van der Waals surface area contributed by atoms with Gasteiger partial charge in [-0.1, -0.05) is 54.6 Å². The van der Waals surface area contributed by atoms with Crippen molar-refractivity contribution in [3.63, 3.8) is 0 Å². The zero-order valence-corrected chi connectivity index (χ0v) is 16.5. The van der Waals surface area contributed by atoms with Gasteiger partial charge in [0.2, 0.25) is 0 Å². The van der Waals surface area contributed by atoms with E-state index in [9.17, 15) is 9.90 Å². The summed E-state index contributed by atoms with van der Waals surface area (Å²) in [5.41, 5.74) is 6.82. The maximum atomic E-state index is 12.0. The molecule has 144 valence electrons. The van der Waals surface area contributed by atoms with Crippen LogP contribution in [-0.4, -0.2) is 23.2 Å². The molecule has 0 aliphatic rings. The van der Waals surface area contributed by atoms with Crippen molar-refractivity contribution < 1.29 is 20.2 Å². The van der Waals surface area contributed by atoms with Gasteiger partial charge in [-0.05, 0) is 12.1 Å². The lowest BCUT2D eigenvalue weighted by atomic mass is 9.96. The van der Waals surface area contributed by atoms with Gasteiger partial charge in [0.1, 0.15) is 5.01 Å². The average Bonchev–Trinajstić information content (AvgIpc) is 3.25. The fourth-order valence-corrected chi connectivity index (χ4v) is 4.04. The molecule has 0 unspecified atom stereocenters. The number of hydrogen-bond donors (Lipinski definition) is 2. The van der Waals surface area contributed by atoms with Crippen LogP contribution >= 0.6 is 11.3 Å². The quantitative estimate of drug-likeness (QED) is 0.364. The van der Waals surface area contributed by atoms with E-state index in [1.807, 2.05) is 72.1 Å². The van der Waals surface area contributed by atoms with Gasteiger partial charge in [-0.25, -0.2) is 14.6 Å². The lowest BCUT2D eigenvalue weighted by Crippen LogP contribution is -2.76. The topological polar surface area (TPSA) is 76.0 Å². The second kappa shape index (κ2) is 8.36. The summed E-state index contributed by atoms with van der Waals surface area (Å²) in [6.45, 7) is 0. The molecule has 1 heterocycles. The van der Waals surface area contributed by atoms with Crippen molar-refractivity contribution >= 4 is 23.0 Å². The molecule has 0 radical (unpaired) electrons. The highest BCUT2D eigenvalue weighted by Crippen LogP contribution is 2.34. The lowest BCUT2D eigenvalue weighted by molar-refractivity contribution is -0.829. The van der Waals surface area contributed by atoms with Crippen LogP contribution < -0.4 is 5.48 Å². The molecule has 3 aromatic carbocycles. The number of nitrogens with two attached hydrogens (primary N) is 1. The second-order valence-corrected chi connectivity index (χ2v) is 7.27. The molecule has 0 atom stereocenters. The molecule has 5 nitrogen and oxygen atoms in total. The van der Waals surface area contributed by atoms with Crippen LogP contribution in [0.25, 0.3) is 33.0 Å². The summed E-state index contributed by atoms with van der Waals surface area (Å²) >= 11 is 1.50. The van der Waals surface area contributed by atoms with E-state index in [-0.39, 0.29) is 5.56 Å². The van der Waals surface area contributed by atoms with Crippen LogP contribution in [0.1, 0.15) is 10.4 Å². The molecule has 0 amide bonds. The molecule has 0 spiro atoms. The summed E-state index contributed by atoms with van der Waals surface area (Å²) in [6.07, 6.45) is 0. The highest BCUT2D eigenvalue weighted by atomic mass is 32.1. The third kappa shape index (κ3) is 3.95. The van der Waals surface area contributed by atoms with Crippen molar-refractivity contribution in [1.29, 1.82) is 0 Å². The average molecular weight is 403 g/mol. The minimum atomic E-state index is -0.978. The molecule has 0 aliphatic carbocycles. The Balaban J connectivity index is 1.76. The van der Waals surface area contributed by atoms with E-state index in [0.717, 1.165) is 33.1 Å². The zero-order valence-electron chi connectivity index (χ0n) is 15.7. The monoisotopic (exact) mass is 403 g/mol. The summed E-state index contributed by atoms with van der Waals surface area (Å²) in [5, 5.41) is 12.6. The standard InChI is InChI=1S/C23H18N2O3S/c1-28-25-20-10-6-5-9-18(20)17-12-11-16(13-19(17)23(26)27)22-24-21(14-29-22)15-7-3-2-4-8-15/h2-14,25H,1H3,(H,26,27)/p+1. The van der Waals surface area contributed by atoms with Gasteiger partial charge in [-0.3, -0.25) is 0 Å². The van der Waals surface area contributed by atoms with Crippen LogP contribution in [0, 0.1) is 0 Å². The zero-order chi connectivity index (χ0) is 20.2. The number of aromatic carboxylic acids is 1. The second-order valence-electron chi connectivity index (χ2n) is 6.41. The summed E-state index contributed by atoms with van der Waals surface area (Å²) < 4.78 is 0. The van der Waals surface area contributed by atoms with E-state index in [0.29, 0.717) is 5.56 Å². The number of carbonyl (C=O) groups is 1. The first-order chi connectivity index (χ1) is 14.2. The van der Waals surface area contributed by atoms with Gasteiger partial charge in [0.25, 0.3) is 0 Å². The van der Waals surface area contributed by atoms with Crippen LogP contribution in [0.15, 0.2) is 78.2 Å². The Morgan fingerprint density at radius 1 is 0.966 bits per heavy atom. The van der Waals surface area contributed by atoms with Crippen LogP contribution in [0.3, 0.4) is 0 Å². The van der Waals surface area contributed by atoms with E-state index < -0.39 is 5.97 Å². The minimum absolute atomic E-state index is 0.232. The highest BCUT2D eigenvalue weighted by molar-refractivity contribution is 7.13. The number of hydrogen-bond acceptors (Lipinski definition) is 4. The van der Waals surface area contributed by atoms with Gasteiger partial charge < -0.3 is 5.11 Å². The lowest BCUT2D eigenvalue weighted by Gasteiger charge is -2.10. The predicted molar refractivity (Wildman–Crippen MR) is 114 cm³/mol. The summed E-state index contributed by atoms with van der Waals surface area (Å²) in [5.74, 6) is -0.978. The van der Waals surface area contributed by atoms with E-state index in [1.54, 1.807) is 18.7 Å². The van der Waals surface area contributed by atoms with Crippen molar-refractivity contribution in [3.8, 4) is 33.0 Å². The van der Waals surface area contributed by atoms with Crippen LogP contribution in [0.2, 0.25) is 0 Å². The molecular formula is C23H19N2O3S+. The fraction of sp³-hybridized carbons (Fsp3) is 0.0435. The highest BCUT2D eigenvalue weighted by Gasteiger charge is 2.18. The molecule has 0 saturated heterocycles. The number of benzene rings is 3. The van der Waals surface area contributed by atoms with Gasteiger partial charge >= 0.3 is 5.97 Å². The Morgan fingerprint density at radius 3 is 2.48 bits per heavy atom. The summed E-state index contributed by atoms with van der Waals surface area (Å²) in [4.78, 5) is 21.9. The molecule has 29 heavy (non-hydrogen) atoms. The number of carboxylic acids is 1. The molecule has 0 saturated carbocycles. The minimum Gasteiger partial charge on any atom is -0.478 e. The number of rotatable bonds is 6. The van der Waals surface area contributed by atoms with Crippen molar-refractivity contribution in [3.05, 3.63) is 83.7 Å². The van der Waals surface area contributed by atoms with Crippen LogP contribution in [0.5, 0.6) is 0 Å². The molecule has 4 rings (SSSR count). The first-order valence-electron chi connectivity index (χ1n) is 9.01. The molecule has 6 heteroatoms. The van der Waals surface area contributed by atoms with Gasteiger partial charge in [-0.15, -0.1) is 11.3 Å². The predicted octanol–water partition coefficient (Wildman–Crippen LogP) is 4.60. The van der Waals surface area contributed by atoms with Crippen LogP contribution in [0.4, 0.5) is 5.69 Å². The van der Waals surface area contributed by atoms with Gasteiger partial charge in [0, 0.05) is 33.7 Å². The van der Waals surface area contributed by atoms with E-state index >= 15 is 0 Å². The van der Waals surface area contributed by atoms with Crippen molar-refractivity contribution in [1.82, 2.24) is 4.98 Å². The Bertz CT molecular complexity index is 1160.